The first-order valence-electron chi connectivity index (χ1n) is 18.0. The third kappa shape index (κ3) is 31.1. The number of phosphoric ester groups is 1. The molecule has 0 aliphatic heterocycles. The van der Waals surface area contributed by atoms with Gasteiger partial charge in [0, 0.05) is 6.42 Å². The van der Waals surface area contributed by atoms with Gasteiger partial charge in [-0.1, -0.05) is 107 Å². The molecule has 0 spiro atoms. The molecule has 0 aromatic rings. The largest absolute Gasteiger partial charge is 0.756 e. The van der Waals surface area contributed by atoms with Crippen LogP contribution in [-0.2, 0) is 18.4 Å². The highest BCUT2D eigenvalue weighted by atomic mass is 31.2. The van der Waals surface area contributed by atoms with Gasteiger partial charge < -0.3 is 28.8 Å². The fourth-order valence-electron chi connectivity index (χ4n) is 4.54. The number of carbonyl (C=O) groups excluding carboxylic acids is 1. The summed E-state index contributed by atoms with van der Waals surface area (Å²) in [5.41, 5.74) is 0. The molecule has 268 valence electrons. The van der Waals surface area contributed by atoms with E-state index in [1.54, 1.807) is 6.08 Å². The molecule has 3 unspecified atom stereocenters. The maximum absolute atomic E-state index is 12.7. The normalized spacial score (nSPS) is 15.4. The molecule has 2 N–H and O–H groups in total. The van der Waals surface area contributed by atoms with Crippen LogP contribution in [0.15, 0.2) is 48.6 Å². The number of allylic oxidation sites excluding steroid dienone is 7. The molecule has 0 saturated heterocycles. The van der Waals surface area contributed by atoms with Gasteiger partial charge in [-0.2, -0.15) is 0 Å². The van der Waals surface area contributed by atoms with Crippen molar-refractivity contribution in [3.63, 3.8) is 0 Å². The van der Waals surface area contributed by atoms with Crippen LogP contribution in [0.4, 0.5) is 0 Å². The maximum atomic E-state index is 12.7. The average molecular weight is 669 g/mol. The van der Waals surface area contributed by atoms with Crippen LogP contribution in [0.2, 0.25) is 0 Å². The number of nitrogens with one attached hydrogen (secondary N) is 1. The van der Waals surface area contributed by atoms with Crippen LogP contribution < -0.4 is 10.2 Å². The van der Waals surface area contributed by atoms with Crippen molar-refractivity contribution in [1.82, 2.24) is 5.32 Å². The Hall–Kier alpha value is -1.54. The molecule has 0 radical (unpaired) electrons. The minimum atomic E-state index is -4.59. The molecule has 0 saturated carbocycles. The molecular weight excluding hydrogens is 599 g/mol. The van der Waals surface area contributed by atoms with Gasteiger partial charge in [-0.3, -0.25) is 9.36 Å². The highest BCUT2D eigenvalue weighted by Gasteiger charge is 2.23. The van der Waals surface area contributed by atoms with Crippen molar-refractivity contribution in [3.05, 3.63) is 48.6 Å². The second kappa shape index (κ2) is 29.6. The fraction of sp³-hybridized carbons (Fsp3) is 0.757. The number of phosphoric acid groups is 1. The molecular formula is C37H69N2O6P. The lowest BCUT2D eigenvalue weighted by atomic mass is 10.1. The summed E-state index contributed by atoms with van der Waals surface area (Å²) in [6.07, 6.45) is 34.4. The summed E-state index contributed by atoms with van der Waals surface area (Å²) >= 11 is 0. The lowest BCUT2D eigenvalue weighted by Gasteiger charge is -2.29. The molecule has 0 aliphatic carbocycles. The molecule has 0 fully saturated rings. The van der Waals surface area contributed by atoms with E-state index in [-0.39, 0.29) is 12.5 Å². The maximum Gasteiger partial charge on any atom is 0.268 e. The van der Waals surface area contributed by atoms with Crippen LogP contribution in [-0.4, -0.2) is 68.5 Å². The van der Waals surface area contributed by atoms with E-state index in [1.807, 2.05) is 27.2 Å². The molecule has 3 atom stereocenters. The number of aliphatic hydroxyl groups excluding tert-OH is 1. The molecule has 9 heteroatoms. The number of aliphatic hydroxyl groups is 1. The SMILES string of the molecule is CCC/C=C/CC/C=C/CC/C=C/C(O)C(COP(=O)([O-])OCC[N+](C)(C)C)NC(=O)CCCCCCC/C=C\CCCCCC. The number of carbonyl (C=O) groups is 1. The lowest BCUT2D eigenvalue weighted by molar-refractivity contribution is -0.870. The zero-order valence-corrected chi connectivity index (χ0v) is 30.9. The van der Waals surface area contributed by atoms with Crippen molar-refractivity contribution < 1.29 is 32.9 Å². The van der Waals surface area contributed by atoms with Crippen LogP contribution in [0.3, 0.4) is 0 Å². The zero-order valence-electron chi connectivity index (χ0n) is 30.0. The highest BCUT2D eigenvalue weighted by Crippen LogP contribution is 2.38. The molecule has 0 heterocycles. The Morgan fingerprint density at radius 3 is 1.85 bits per heavy atom. The average Bonchev–Trinajstić information content (AvgIpc) is 2.99. The van der Waals surface area contributed by atoms with Crippen molar-refractivity contribution in [2.45, 2.75) is 142 Å². The summed E-state index contributed by atoms with van der Waals surface area (Å²) in [6, 6.07) is -0.910. The van der Waals surface area contributed by atoms with E-state index in [0.717, 1.165) is 70.6 Å². The first-order valence-corrected chi connectivity index (χ1v) is 19.5. The first-order chi connectivity index (χ1) is 22.0. The van der Waals surface area contributed by atoms with E-state index >= 15 is 0 Å². The molecule has 0 bridgehead atoms. The Labute approximate surface area is 282 Å². The van der Waals surface area contributed by atoms with Gasteiger partial charge >= 0.3 is 0 Å². The van der Waals surface area contributed by atoms with Crippen molar-refractivity contribution >= 4 is 13.7 Å². The third-order valence-electron chi connectivity index (χ3n) is 7.47. The standard InChI is InChI=1S/C37H69N2O6P/c1-6-8-10-12-14-16-18-19-21-23-25-27-29-31-37(41)38-35(34-45-46(42,43)44-33-32-39(3,4)5)36(40)30-28-26-24-22-20-17-15-13-11-9-7-2/h11,13,16,18,20,22,28,30,35-36,40H,6-10,12,14-15,17,19,21,23-27,29,31-34H2,1-5H3,(H-,38,41,42,43)/b13-11+,18-16-,22-20+,30-28+. The van der Waals surface area contributed by atoms with E-state index in [1.165, 1.54) is 38.5 Å². The molecule has 0 aromatic carbocycles. The van der Waals surface area contributed by atoms with Gasteiger partial charge in [0.1, 0.15) is 13.2 Å². The Kier molecular flexibility index (Phi) is 28.6. The van der Waals surface area contributed by atoms with Gasteiger partial charge in [-0.15, -0.1) is 0 Å². The van der Waals surface area contributed by atoms with E-state index in [9.17, 15) is 19.4 Å². The van der Waals surface area contributed by atoms with Gasteiger partial charge in [0.05, 0.1) is 39.9 Å². The lowest BCUT2D eigenvalue weighted by Crippen LogP contribution is -2.45. The fourth-order valence-corrected chi connectivity index (χ4v) is 5.26. The van der Waals surface area contributed by atoms with Crippen LogP contribution in [0.1, 0.15) is 129 Å². The van der Waals surface area contributed by atoms with Gasteiger partial charge in [0.2, 0.25) is 5.91 Å². The van der Waals surface area contributed by atoms with Crippen molar-refractivity contribution in [1.29, 1.82) is 0 Å². The second-order valence-electron chi connectivity index (χ2n) is 13.2. The quantitative estimate of drug-likeness (QED) is 0.0333. The summed E-state index contributed by atoms with van der Waals surface area (Å²) in [5, 5.41) is 13.6. The summed E-state index contributed by atoms with van der Waals surface area (Å²) in [6.45, 7) is 4.47. The first kappa shape index (κ1) is 44.5. The minimum absolute atomic E-state index is 0.0123. The third-order valence-corrected chi connectivity index (χ3v) is 8.43. The molecule has 0 aromatic heterocycles. The summed E-state index contributed by atoms with van der Waals surface area (Å²) in [5.74, 6) is -0.227. The Morgan fingerprint density at radius 2 is 1.26 bits per heavy atom. The summed E-state index contributed by atoms with van der Waals surface area (Å²) < 4.78 is 23.0. The predicted molar refractivity (Wildman–Crippen MR) is 191 cm³/mol. The van der Waals surface area contributed by atoms with Crippen molar-refractivity contribution in [3.8, 4) is 0 Å². The van der Waals surface area contributed by atoms with Gasteiger partial charge in [-0.25, -0.2) is 0 Å². The molecule has 8 nitrogen and oxygen atoms in total. The number of hydrogen-bond acceptors (Lipinski definition) is 6. The van der Waals surface area contributed by atoms with Gasteiger partial charge in [0.25, 0.3) is 7.82 Å². The van der Waals surface area contributed by atoms with Crippen LogP contribution >= 0.6 is 7.82 Å². The minimum Gasteiger partial charge on any atom is -0.756 e. The Morgan fingerprint density at radius 1 is 0.739 bits per heavy atom. The number of quaternary nitrogens is 1. The van der Waals surface area contributed by atoms with Crippen LogP contribution in [0, 0.1) is 0 Å². The molecule has 0 rings (SSSR count). The van der Waals surface area contributed by atoms with Crippen LogP contribution in [0.25, 0.3) is 0 Å². The van der Waals surface area contributed by atoms with Gasteiger partial charge in [0.15, 0.2) is 0 Å². The number of hydrogen-bond donors (Lipinski definition) is 2. The Bertz CT molecular complexity index is 897. The van der Waals surface area contributed by atoms with Gasteiger partial charge in [-0.05, 0) is 64.2 Å². The molecule has 1 amide bonds. The number of nitrogens with zero attached hydrogens (tertiary/aromatic N) is 1. The van der Waals surface area contributed by atoms with Crippen LogP contribution in [0.5, 0.6) is 0 Å². The topological polar surface area (TPSA) is 108 Å². The molecule has 46 heavy (non-hydrogen) atoms. The zero-order chi connectivity index (χ0) is 34.4. The summed E-state index contributed by atoms with van der Waals surface area (Å²) in [4.78, 5) is 25.1. The van der Waals surface area contributed by atoms with Crippen molar-refractivity contribution in [2.75, 3.05) is 40.9 Å². The number of rotatable bonds is 31. The van der Waals surface area contributed by atoms with E-state index in [4.69, 9.17) is 9.05 Å². The monoisotopic (exact) mass is 668 g/mol. The molecule has 0 aliphatic rings. The summed E-state index contributed by atoms with van der Waals surface area (Å²) in [7, 11) is 1.22. The predicted octanol–water partition coefficient (Wildman–Crippen LogP) is 8.33. The van der Waals surface area contributed by atoms with E-state index < -0.39 is 26.6 Å². The second-order valence-corrected chi connectivity index (χ2v) is 14.6. The highest BCUT2D eigenvalue weighted by molar-refractivity contribution is 7.45. The van der Waals surface area contributed by atoms with E-state index in [0.29, 0.717) is 17.4 Å². The number of likely N-dealkylation sites (N-methyl/N-ethyl adjacent to an activating group) is 1. The smallest absolute Gasteiger partial charge is 0.268 e. The number of amides is 1. The van der Waals surface area contributed by atoms with Crippen molar-refractivity contribution in [2.24, 2.45) is 0 Å². The Balaban J connectivity index is 4.66. The number of unbranched alkanes of at least 4 members (excludes halogenated alkanes) is 12. The van der Waals surface area contributed by atoms with E-state index in [2.05, 4.69) is 55.6 Å².